The predicted molar refractivity (Wildman–Crippen MR) is 84.4 cm³/mol. The van der Waals surface area contributed by atoms with Crippen molar-refractivity contribution in [3.05, 3.63) is 65.7 Å². The summed E-state index contributed by atoms with van der Waals surface area (Å²) in [6.45, 7) is 1.75. The van der Waals surface area contributed by atoms with Crippen molar-refractivity contribution in [3.8, 4) is 0 Å². The van der Waals surface area contributed by atoms with Crippen LogP contribution in [-0.2, 0) is 11.3 Å². The Labute approximate surface area is 129 Å². The van der Waals surface area contributed by atoms with Gasteiger partial charge in [0.25, 0.3) is 0 Å². The first-order valence-corrected chi connectivity index (χ1v) is 6.94. The third-order valence-corrected chi connectivity index (χ3v) is 3.17. The molecule has 0 saturated carbocycles. The van der Waals surface area contributed by atoms with E-state index in [1.54, 1.807) is 31.2 Å². The minimum atomic E-state index is -0.715. The first-order chi connectivity index (χ1) is 10.6. The molecule has 2 rings (SSSR count). The summed E-state index contributed by atoms with van der Waals surface area (Å²) in [5, 5.41) is 2.51. The summed E-state index contributed by atoms with van der Waals surface area (Å²) in [5.41, 5.74) is 7.41. The molecule has 5 heteroatoms. The average Bonchev–Trinajstić information content (AvgIpc) is 2.53. The normalized spacial score (nSPS) is 11.5. The summed E-state index contributed by atoms with van der Waals surface area (Å²) in [6.07, 6.45) is -0.640. The van der Waals surface area contributed by atoms with E-state index >= 15 is 0 Å². The van der Waals surface area contributed by atoms with Crippen molar-refractivity contribution in [1.82, 2.24) is 5.32 Å². The number of nitrogens with one attached hydrogen (secondary N) is 1. The highest BCUT2D eigenvalue weighted by Crippen LogP contribution is 2.13. The van der Waals surface area contributed by atoms with Gasteiger partial charge in [0, 0.05) is 11.3 Å². The van der Waals surface area contributed by atoms with E-state index in [0.717, 1.165) is 5.56 Å². The largest absolute Gasteiger partial charge is 0.445 e. The van der Waals surface area contributed by atoms with Gasteiger partial charge in [-0.3, -0.25) is 4.79 Å². The van der Waals surface area contributed by atoms with Crippen molar-refractivity contribution < 1.29 is 14.3 Å². The van der Waals surface area contributed by atoms with E-state index in [9.17, 15) is 9.59 Å². The summed E-state index contributed by atoms with van der Waals surface area (Å²) in [6, 6.07) is 15.4. The highest BCUT2D eigenvalue weighted by Gasteiger charge is 2.19. The van der Waals surface area contributed by atoms with Gasteiger partial charge in [-0.25, -0.2) is 4.79 Å². The molecule has 5 nitrogen and oxygen atoms in total. The van der Waals surface area contributed by atoms with Gasteiger partial charge in [-0.15, -0.1) is 0 Å². The predicted octanol–water partition coefficient (Wildman–Crippen LogP) is 2.77. The van der Waals surface area contributed by atoms with Crippen molar-refractivity contribution in [2.24, 2.45) is 0 Å². The zero-order chi connectivity index (χ0) is 15.9. The maximum Gasteiger partial charge on any atom is 0.408 e. The zero-order valence-corrected chi connectivity index (χ0v) is 12.3. The van der Waals surface area contributed by atoms with Crippen molar-refractivity contribution in [2.45, 2.75) is 19.6 Å². The molecule has 2 aromatic rings. The summed E-state index contributed by atoms with van der Waals surface area (Å²) < 4.78 is 5.08. The lowest BCUT2D eigenvalue weighted by Gasteiger charge is -2.14. The van der Waals surface area contributed by atoms with Crippen LogP contribution >= 0.6 is 0 Å². The van der Waals surface area contributed by atoms with Crippen LogP contribution in [0.25, 0.3) is 0 Å². The van der Waals surface area contributed by atoms with Gasteiger partial charge in [0.1, 0.15) is 6.61 Å². The van der Waals surface area contributed by atoms with Crippen molar-refractivity contribution in [1.29, 1.82) is 0 Å². The van der Waals surface area contributed by atoms with Crippen LogP contribution in [0.2, 0.25) is 0 Å². The van der Waals surface area contributed by atoms with E-state index in [1.807, 2.05) is 30.3 Å². The van der Waals surface area contributed by atoms with E-state index in [1.165, 1.54) is 0 Å². The van der Waals surface area contributed by atoms with Crippen LogP contribution in [0.1, 0.15) is 22.8 Å². The molecule has 0 fully saturated rings. The Morgan fingerprint density at radius 1 is 1.09 bits per heavy atom. The minimum Gasteiger partial charge on any atom is -0.445 e. The number of para-hydroxylation sites is 1. The number of nitrogens with two attached hydrogens (primary N) is 1. The van der Waals surface area contributed by atoms with Gasteiger partial charge in [-0.1, -0.05) is 42.5 Å². The molecule has 0 spiro atoms. The number of Topliss-reactive ketones (excluding diaryl/α,β-unsaturated/α-hetero) is 1. The number of nitrogen functional groups attached to an aromatic ring is 1. The van der Waals surface area contributed by atoms with E-state index in [-0.39, 0.29) is 12.4 Å². The summed E-state index contributed by atoms with van der Waals surface area (Å²) in [5.74, 6) is -0.255. The molecule has 0 unspecified atom stereocenters. The molecule has 0 aromatic heterocycles. The SMILES string of the molecule is C[C@@H](NC(=O)OCc1ccccc1)C(=O)c1ccccc1N. The summed E-state index contributed by atoms with van der Waals surface area (Å²) in [7, 11) is 0. The maximum atomic E-state index is 12.2. The van der Waals surface area contributed by atoms with Gasteiger partial charge in [-0.05, 0) is 24.6 Å². The number of hydrogen-bond acceptors (Lipinski definition) is 4. The van der Waals surface area contributed by atoms with Crippen LogP contribution in [0.15, 0.2) is 54.6 Å². The number of carbonyl (C=O) groups is 2. The number of alkyl carbamates (subject to hydrolysis) is 1. The second-order valence-corrected chi connectivity index (χ2v) is 4.88. The molecule has 0 heterocycles. The standard InChI is InChI=1S/C17H18N2O3/c1-12(16(20)14-9-5-6-10-15(14)18)19-17(21)22-11-13-7-3-2-4-8-13/h2-10,12H,11,18H2,1H3,(H,19,21)/t12-/m1/s1. The molecule has 0 aliphatic rings. The second kappa shape index (κ2) is 7.26. The monoisotopic (exact) mass is 298 g/mol. The maximum absolute atomic E-state index is 12.2. The van der Waals surface area contributed by atoms with Gasteiger partial charge in [-0.2, -0.15) is 0 Å². The minimum absolute atomic E-state index is 0.154. The van der Waals surface area contributed by atoms with Gasteiger partial charge in [0.2, 0.25) is 0 Å². The first kappa shape index (κ1) is 15.6. The number of ketones is 1. The molecule has 22 heavy (non-hydrogen) atoms. The van der Waals surface area contributed by atoms with E-state index in [4.69, 9.17) is 10.5 Å². The van der Waals surface area contributed by atoms with Crippen molar-refractivity contribution in [2.75, 3.05) is 5.73 Å². The second-order valence-electron chi connectivity index (χ2n) is 4.88. The number of rotatable bonds is 5. The van der Waals surface area contributed by atoms with Gasteiger partial charge in [0.15, 0.2) is 5.78 Å². The highest BCUT2D eigenvalue weighted by molar-refractivity contribution is 6.05. The number of hydrogen-bond donors (Lipinski definition) is 2. The van der Waals surface area contributed by atoms with Gasteiger partial charge < -0.3 is 15.8 Å². The van der Waals surface area contributed by atoms with E-state index in [2.05, 4.69) is 5.32 Å². The molecular formula is C17H18N2O3. The van der Waals surface area contributed by atoms with Crippen LogP contribution in [0.5, 0.6) is 0 Å². The van der Waals surface area contributed by atoms with Crippen molar-refractivity contribution in [3.63, 3.8) is 0 Å². The van der Waals surface area contributed by atoms with Gasteiger partial charge >= 0.3 is 6.09 Å². The van der Waals surface area contributed by atoms with Crippen LogP contribution in [0, 0.1) is 0 Å². The topological polar surface area (TPSA) is 81.4 Å². The first-order valence-electron chi connectivity index (χ1n) is 6.94. The van der Waals surface area contributed by atoms with Crippen LogP contribution in [-0.4, -0.2) is 17.9 Å². The molecule has 0 saturated heterocycles. The van der Waals surface area contributed by atoms with E-state index in [0.29, 0.717) is 11.3 Å². The number of ether oxygens (including phenoxy) is 1. The van der Waals surface area contributed by atoms with Crippen LogP contribution in [0.4, 0.5) is 10.5 Å². The Morgan fingerprint density at radius 2 is 1.73 bits per heavy atom. The smallest absolute Gasteiger partial charge is 0.408 e. The molecule has 1 amide bonds. The lowest BCUT2D eigenvalue weighted by molar-refractivity contribution is 0.0927. The molecule has 0 radical (unpaired) electrons. The summed E-state index contributed by atoms with van der Waals surface area (Å²) >= 11 is 0. The third kappa shape index (κ3) is 4.09. The Morgan fingerprint density at radius 3 is 2.41 bits per heavy atom. The quantitative estimate of drug-likeness (QED) is 0.657. The Hall–Kier alpha value is -2.82. The summed E-state index contributed by atoms with van der Waals surface area (Å²) in [4.78, 5) is 24.0. The molecule has 3 N–H and O–H groups in total. The van der Waals surface area contributed by atoms with Crippen LogP contribution in [0.3, 0.4) is 0 Å². The highest BCUT2D eigenvalue weighted by atomic mass is 16.5. The molecule has 2 aromatic carbocycles. The van der Waals surface area contributed by atoms with Crippen LogP contribution < -0.4 is 11.1 Å². The Kier molecular flexibility index (Phi) is 5.14. The lowest BCUT2D eigenvalue weighted by Crippen LogP contribution is -2.39. The molecule has 0 bridgehead atoms. The number of benzene rings is 2. The fourth-order valence-corrected chi connectivity index (χ4v) is 1.96. The van der Waals surface area contributed by atoms with Crippen molar-refractivity contribution >= 4 is 17.6 Å². The third-order valence-electron chi connectivity index (χ3n) is 3.17. The molecule has 114 valence electrons. The molecular weight excluding hydrogens is 280 g/mol. The Balaban J connectivity index is 1.88. The lowest BCUT2D eigenvalue weighted by atomic mass is 10.0. The molecule has 0 aliphatic heterocycles. The average molecular weight is 298 g/mol. The molecule has 0 aliphatic carbocycles. The fraction of sp³-hybridized carbons (Fsp3) is 0.176. The molecule has 1 atom stereocenters. The number of amides is 1. The zero-order valence-electron chi connectivity index (χ0n) is 12.3. The number of carbonyl (C=O) groups excluding carboxylic acids is 2. The van der Waals surface area contributed by atoms with Gasteiger partial charge in [0.05, 0.1) is 6.04 Å². The fourth-order valence-electron chi connectivity index (χ4n) is 1.96. The Bertz CT molecular complexity index is 656. The van der Waals surface area contributed by atoms with E-state index < -0.39 is 12.1 Å². The number of anilines is 1.